The zero-order valence-electron chi connectivity index (χ0n) is 10.6. The summed E-state index contributed by atoms with van der Waals surface area (Å²) in [6.45, 7) is 2.62. The molecule has 0 spiro atoms. The van der Waals surface area contributed by atoms with Crippen molar-refractivity contribution >= 4 is 22.4 Å². The van der Waals surface area contributed by atoms with Crippen LogP contribution in [-0.2, 0) is 16.0 Å². The molecule has 100 valence electrons. The minimum atomic E-state index is -0.766. The number of ether oxygens (including phenoxy) is 1. The molecule has 0 aliphatic heterocycles. The zero-order valence-corrected chi connectivity index (χ0v) is 11.4. The number of carboxylic acid groups (broad SMARTS) is 1. The first-order valence-corrected chi connectivity index (χ1v) is 6.91. The van der Waals surface area contributed by atoms with Gasteiger partial charge in [0, 0.05) is 18.0 Å². The molecule has 0 aromatic carbocycles. The SMILES string of the molecule is COCC(C)Nc1nc2c(s1)CCCC2C(=O)O. The molecule has 0 radical (unpaired) electrons. The van der Waals surface area contributed by atoms with Crippen molar-refractivity contribution in [3.8, 4) is 0 Å². The molecule has 0 amide bonds. The summed E-state index contributed by atoms with van der Waals surface area (Å²) in [6, 6.07) is 0.172. The molecule has 0 saturated heterocycles. The van der Waals surface area contributed by atoms with Gasteiger partial charge in [-0.05, 0) is 26.2 Å². The van der Waals surface area contributed by atoms with Gasteiger partial charge in [-0.3, -0.25) is 4.79 Å². The summed E-state index contributed by atoms with van der Waals surface area (Å²) in [4.78, 5) is 16.7. The molecule has 1 aromatic heterocycles. The predicted octanol–water partition coefficient (Wildman–Crippen LogP) is 2.09. The van der Waals surface area contributed by atoms with Crippen LogP contribution in [0.2, 0.25) is 0 Å². The van der Waals surface area contributed by atoms with Crippen LogP contribution in [0.4, 0.5) is 5.13 Å². The number of aromatic nitrogens is 1. The number of hydrogen-bond donors (Lipinski definition) is 2. The van der Waals surface area contributed by atoms with Crippen molar-refractivity contribution in [2.24, 2.45) is 0 Å². The Morgan fingerprint density at radius 2 is 2.50 bits per heavy atom. The van der Waals surface area contributed by atoms with Crippen LogP contribution in [-0.4, -0.2) is 35.8 Å². The molecular weight excluding hydrogens is 252 g/mol. The third kappa shape index (κ3) is 2.81. The van der Waals surface area contributed by atoms with Crippen molar-refractivity contribution in [2.45, 2.75) is 38.1 Å². The number of fused-ring (bicyclic) bond motifs is 1. The number of carbonyl (C=O) groups is 1. The van der Waals surface area contributed by atoms with Crippen LogP contribution in [0.3, 0.4) is 0 Å². The Labute approximate surface area is 110 Å². The van der Waals surface area contributed by atoms with Crippen LogP contribution >= 0.6 is 11.3 Å². The fourth-order valence-electron chi connectivity index (χ4n) is 2.22. The molecule has 2 atom stereocenters. The van der Waals surface area contributed by atoms with E-state index in [0.29, 0.717) is 13.0 Å². The molecule has 1 aromatic rings. The number of carboxylic acids is 1. The first-order valence-electron chi connectivity index (χ1n) is 6.09. The Bertz CT molecular complexity index is 433. The Morgan fingerprint density at radius 1 is 1.72 bits per heavy atom. The number of methoxy groups -OCH3 is 1. The van der Waals surface area contributed by atoms with Gasteiger partial charge in [-0.2, -0.15) is 0 Å². The summed E-state index contributed by atoms with van der Waals surface area (Å²) < 4.78 is 5.06. The van der Waals surface area contributed by atoms with Crippen LogP contribution in [0.25, 0.3) is 0 Å². The van der Waals surface area contributed by atoms with Gasteiger partial charge in [0.2, 0.25) is 0 Å². The second kappa shape index (κ2) is 5.67. The fraction of sp³-hybridized carbons (Fsp3) is 0.667. The van der Waals surface area contributed by atoms with Gasteiger partial charge in [-0.15, -0.1) is 11.3 Å². The standard InChI is InChI=1S/C12H18N2O3S/c1-7(6-17-2)13-12-14-10-8(11(15)16)4-3-5-9(10)18-12/h7-8H,3-6H2,1-2H3,(H,13,14)(H,15,16). The van der Waals surface area contributed by atoms with Gasteiger partial charge in [0.15, 0.2) is 5.13 Å². The average molecular weight is 270 g/mol. The fourth-order valence-corrected chi connectivity index (χ4v) is 3.40. The summed E-state index contributed by atoms with van der Waals surface area (Å²) in [6.07, 6.45) is 2.56. The van der Waals surface area contributed by atoms with Crippen LogP contribution < -0.4 is 5.32 Å². The smallest absolute Gasteiger partial charge is 0.312 e. The number of nitrogens with one attached hydrogen (secondary N) is 1. The normalized spacial score (nSPS) is 20.2. The summed E-state index contributed by atoms with van der Waals surface area (Å²) in [5.41, 5.74) is 0.755. The molecular formula is C12H18N2O3S. The number of thiazole rings is 1. The van der Waals surface area contributed by atoms with E-state index in [0.717, 1.165) is 28.5 Å². The van der Waals surface area contributed by atoms with E-state index in [1.165, 1.54) is 0 Å². The number of hydrogen-bond acceptors (Lipinski definition) is 5. The summed E-state index contributed by atoms with van der Waals surface area (Å²) in [7, 11) is 1.66. The second-order valence-electron chi connectivity index (χ2n) is 4.61. The maximum absolute atomic E-state index is 11.2. The highest BCUT2D eigenvalue weighted by atomic mass is 32.1. The Hall–Kier alpha value is -1.14. The molecule has 1 heterocycles. The van der Waals surface area contributed by atoms with E-state index >= 15 is 0 Å². The quantitative estimate of drug-likeness (QED) is 0.857. The van der Waals surface area contributed by atoms with Crippen LogP contribution in [0.1, 0.15) is 36.3 Å². The topological polar surface area (TPSA) is 71.5 Å². The largest absolute Gasteiger partial charge is 0.481 e. The molecule has 1 aliphatic carbocycles. The molecule has 2 N–H and O–H groups in total. The third-order valence-corrected chi connectivity index (χ3v) is 4.10. The van der Waals surface area contributed by atoms with Crippen molar-refractivity contribution in [2.75, 3.05) is 19.0 Å². The van der Waals surface area contributed by atoms with E-state index < -0.39 is 11.9 Å². The van der Waals surface area contributed by atoms with Gasteiger partial charge >= 0.3 is 5.97 Å². The average Bonchev–Trinajstić information content (AvgIpc) is 2.70. The lowest BCUT2D eigenvalue weighted by Crippen LogP contribution is -2.21. The molecule has 1 aliphatic rings. The van der Waals surface area contributed by atoms with Crippen molar-refractivity contribution < 1.29 is 14.6 Å². The van der Waals surface area contributed by atoms with E-state index in [2.05, 4.69) is 10.3 Å². The first-order chi connectivity index (χ1) is 8.61. The molecule has 0 bridgehead atoms. The molecule has 0 saturated carbocycles. The van der Waals surface area contributed by atoms with Crippen LogP contribution in [0, 0.1) is 0 Å². The number of nitrogens with zero attached hydrogens (tertiary/aromatic N) is 1. The first kappa shape index (κ1) is 13.3. The summed E-state index contributed by atoms with van der Waals surface area (Å²) in [5.74, 6) is -1.20. The Balaban J connectivity index is 2.14. The maximum atomic E-state index is 11.2. The predicted molar refractivity (Wildman–Crippen MR) is 70.4 cm³/mol. The highest BCUT2D eigenvalue weighted by Gasteiger charge is 2.30. The van der Waals surface area contributed by atoms with Gasteiger partial charge < -0.3 is 15.2 Å². The molecule has 2 rings (SSSR count). The molecule has 0 fully saturated rings. The van der Waals surface area contributed by atoms with Gasteiger partial charge in [0.1, 0.15) is 5.92 Å². The Kier molecular flexibility index (Phi) is 4.19. The minimum absolute atomic E-state index is 0.172. The number of aliphatic carboxylic acids is 1. The van der Waals surface area contributed by atoms with E-state index in [9.17, 15) is 9.90 Å². The number of anilines is 1. The monoisotopic (exact) mass is 270 g/mol. The number of rotatable bonds is 5. The van der Waals surface area contributed by atoms with Crippen molar-refractivity contribution in [1.29, 1.82) is 0 Å². The van der Waals surface area contributed by atoms with Crippen molar-refractivity contribution in [3.63, 3.8) is 0 Å². The molecule has 18 heavy (non-hydrogen) atoms. The van der Waals surface area contributed by atoms with Gasteiger partial charge in [0.05, 0.1) is 12.3 Å². The molecule has 5 nitrogen and oxygen atoms in total. The maximum Gasteiger partial charge on any atom is 0.312 e. The number of aryl methyl sites for hydroxylation is 1. The van der Waals surface area contributed by atoms with E-state index in [1.54, 1.807) is 18.4 Å². The molecule has 6 heteroatoms. The van der Waals surface area contributed by atoms with E-state index in [1.807, 2.05) is 6.92 Å². The highest BCUT2D eigenvalue weighted by Crippen LogP contribution is 2.36. The van der Waals surface area contributed by atoms with Crippen LogP contribution in [0.5, 0.6) is 0 Å². The second-order valence-corrected chi connectivity index (χ2v) is 5.69. The van der Waals surface area contributed by atoms with Crippen molar-refractivity contribution in [1.82, 2.24) is 4.98 Å². The van der Waals surface area contributed by atoms with E-state index in [4.69, 9.17) is 4.74 Å². The summed E-state index contributed by atoms with van der Waals surface area (Å²) >= 11 is 1.57. The Morgan fingerprint density at radius 3 is 3.17 bits per heavy atom. The zero-order chi connectivity index (χ0) is 13.1. The van der Waals surface area contributed by atoms with E-state index in [-0.39, 0.29) is 6.04 Å². The third-order valence-electron chi connectivity index (χ3n) is 3.04. The highest BCUT2D eigenvalue weighted by molar-refractivity contribution is 7.15. The molecule has 2 unspecified atom stereocenters. The lowest BCUT2D eigenvalue weighted by molar-refractivity contribution is -0.139. The minimum Gasteiger partial charge on any atom is -0.481 e. The van der Waals surface area contributed by atoms with Crippen molar-refractivity contribution in [3.05, 3.63) is 10.6 Å². The van der Waals surface area contributed by atoms with Gasteiger partial charge in [-0.1, -0.05) is 0 Å². The lowest BCUT2D eigenvalue weighted by Gasteiger charge is -2.16. The lowest BCUT2D eigenvalue weighted by atomic mass is 9.91. The van der Waals surface area contributed by atoms with Gasteiger partial charge in [0.25, 0.3) is 0 Å². The summed E-state index contributed by atoms with van der Waals surface area (Å²) in [5, 5.41) is 13.2. The van der Waals surface area contributed by atoms with Crippen LogP contribution in [0.15, 0.2) is 0 Å². The van der Waals surface area contributed by atoms with Gasteiger partial charge in [-0.25, -0.2) is 4.98 Å².